The fourth-order valence-corrected chi connectivity index (χ4v) is 3.89. The second-order valence-electron chi connectivity index (χ2n) is 4.14. The second-order valence-corrected chi connectivity index (χ2v) is 6.29. The zero-order chi connectivity index (χ0) is 13.0. The molecule has 0 fully saturated rings. The van der Waals surface area contributed by atoms with Gasteiger partial charge in [0.1, 0.15) is 0 Å². The fraction of sp³-hybridized carbons (Fsp3) is 0.357. The Labute approximate surface area is 117 Å². The van der Waals surface area contributed by atoms with Gasteiger partial charge in [-0.15, -0.1) is 11.3 Å². The van der Waals surface area contributed by atoms with Crippen molar-refractivity contribution in [2.75, 3.05) is 7.05 Å². The molecule has 2 aromatic rings. The van der Waals surface area contributed by atoms with E-state index in [0.29, 0.717) is 6.04 Å². The lowest BCUT2D eigenvalue weighted by molar-refractivity contribution is 0.568. The average Bonchev–Trinajstić information content (AvgIpc) is 2.78. The van der Waals surface area contributed by atoms with Crippen LogP contribution in [0.25, 0.3) is 0 Å². The lowest BCUT2D eigenvalue weighted by atomic mass is 10.1. The maximum atomic E-state index is 4.52. The first kappa shape index (κ1) is 13.6. The monoisotopic (exact) mass is 278 g/mol. The molecule has 0 amide bonds. The molecule has 1 aromatic heterocycles. The van der Waals surface area contributed by atoms with Crippen LogP contribution in [0, 0.1) is 6.92 Å². The number of hydrogen-bond donors (Lipinski definition) is 1. The van der Waals surface area contributed by atoms with E-state index in [-0.39, 0.29) is 0 Å². The fourth-order valence-electron chi connectivity index (χ4n) is 1.91. The van der Waals surface area contributed by atoms with Crippen molar-refractivity contribution in [2.45, 2.75) is 35.5 Å². The van der Waals surface area contributed by atoms with Crippen LogP contribution in [0.3, 0.4) is 0 Å². The number of rotatable bonds is 5. The SMILES string of the molecule is CCC(NC)c1ccccc1Sc1nc(C)cs1. The Hall–Kier alpha value is -0.840. The van der Waals surface area contributed by atoms with Crippen LogP contribution >= 0.6 is 23.1 Å². The maximum Gasteiger partial charge on any atom is 0.154 e. The Balaban J connectivity index is 2.27. The molecule has 0 aliphatic heterocycles. The molecule has 0 aliphatic rings. The summed E-state index contributed by atoms with van der Waals surface area (Å²) in [5.74, 6) is 0. The van der Waals surface area contributed by atoms with Gasteiger partial charge in [-0.2, -0.15) is 0 Å². The number of aromatic nitrogens is 1. The highest BCUT2D eigenvalue weighted by molar-refractivity contribution is 8.01. The Bertz CT molecular complexity index is 504. The third-order valence-corrected chi connectivity index (χ3v) is 4.99. The molecule has 0 saturated carbocycles. The number of hydrogen-bond acceptors (Lipinski definition) is 4. The number of nitrogens with one attached hydrogen (secondary N) is 1. The highest BCUT2D eigenvalue weighted by Gasteiger charge is 2.13. The average molecular weight is 278 g/mol. The van der Waals surface area contributed by atoms with Crippen LogP contribution in [0.1, 0.15) is 30.6 Å². The van der Waals surface area contributed by atoms with Gasteiger partial charge < -0.3 is 5.32 Å². The zero-order valence-corrected chi connectivity index (χ0v) is 12.6. The van der Waals surface area contributed by atoms with E-state index in [4.69, 9.17) is 0 Å². The van der Waals surface area contributed by atoms with E-state index in [1.165, 1.54) is 10.5 Å². The Morgan fingerprint density at radius 3 is 2.78 bits per heavy atom. The lowest BCUT2D eigenvalue weighted by Gasteiger charge is -2.17. The third kappa shape index (κ3) is 3.13. The highest BCUT2D eigenvalue weighted by Crippen LogP contribution is 2.35. The van der Waals surface area contributed by atoms with E-state index < -0.39 is 0 Å². The molecule has 0 bridgehead atoms. The van der Waals surface area contributed by atoms with Gasteiger partial charge in [-0.1, -0.05) is 36.9 Å². The second kappa shape index (κ2) is 6.36. The molecule has 0 saturated heterocycles. The molecule has 4 heteroatoms. The molecular weight excluding hydrogens is 260 g/mol. The zero-order valence-electron chi connectivity index (χ0n) is 10.9. The predicted octanol–water partition coefficient (Wildman–Crippen LogP) is 4.27. The Morgan fingerprint density at radius 1 is 1.39 bits per heavy atom. The molecule has 96 valence electrons. The summed E-state index contributed by atoms with van der Waals surface area (Å²) in [4.78, 5) is 5.82. The van der Waals surface area contributed by atoms with E-state index >= 15 is 0 Å². The van der Waals surface area contributed by atoms with E-state index in [1.54, 1.807) is 23.1 Å². The standard InChI is InChI=1S/C14H18N2S2/c1-4-12(15-3)11-7-5-6-8-13(11)18-14-16-10(2)9-17-14/h5-9,12,15H,4H2,1-3H3. The molecular formula is C14H18N2S2. The first-order valence-electron chi connectivity index (χ1n) is 6.10. The molecule has 2 nitrogen and oxygen atoms in total. The van der Waals surface area contributed by atoms with Crippen LogP contribution in [-0.4, -0.2) is 12.0 Å². The summed E-state index contributed by atoms with van der Waals surface area (Å²) in [6, 6.07) is 8.99. The van der Waals surface area contributed by atoms with Crippen LogP contribution in [0.4, 0.5) is 0 Å². The van der Waals surface area contributed by atoms with Gasteiger partial charge in [-0.25, -0.2) is 4.98 Å². The minimum atomic E-state index is 0.412. The van der Waals surface area contributed by atoms with Gasteiger partial charge in [0, 0.05) is 22.0 Å². The summed E-state index contributed by atoms with van der Waals surface area (Å²) < 4.78 is 1.12. The summed E-state index contributed by atoms with van der Waals surface area (Å²) in [6.07, 6.45) is 1.09. The minimum Gasteiger partial charge on any atom is -0.313 e. The van der Waals surface area contributed by atoms with E-state index in [0.717, 1.165) is 16.5 Å². The van der Waals surface area contributed by atoms with Gasteiger partial charge >= 0.3 is 0 Å². The quantitative estimate of drug-likeness (QED) is 0.884. The molecule has 1 N–H and O–H groups in total. The van der Waals surface area contributed by atoms with Crippen LogP contribution in [-0.2, 0) is 0 Å². The van der Waals surface area contributed by atoms with Crippen molar-refractivity contribution in [1.82, 2.24) is 10.3 Å². The van der Waals surface area contributed by atoms with Crippen molar-refractivity contribution in [1.29, 1.82) is 0 Å². The van der Waals surface area contributed by atoms with Crippen molar-refractivity contribution < 1.29 is 0 Å². The van der Waals surface area contributed by atoms with Crippen molar-refractivity contribution in [3.05, 3.63) is 40.9 Å². The van der Waals surface area contributed by atoms with Crippen LogP contribution in [0.5, 0.6) is 0 Å². The van der Waals surface area contributed by atoms with Crippen molar-refractivity contribution in [2.24, 2.45) is 0 Å². The highest BCUT2D eigenvalue weighted by atomic mass is 32.2. The van der Waals surface area contributed by atoms with Crippen molar-refractivity contribution >= 4 is 23.1 Å². The molecule has 1 aromatic carbocycles. The summed E-state index contributed by atoms with van der Waals surface area (Å²) in [7, 11) is 2.02. The molecule has 0 aliphatic carbocycles. The maximum absolute atomic E-state index is 4.52. The first-order chi connectivity index (χ1) is 8.74. The summed E-state index contributed by atoms with van der Waals surface area (Å²) in [5.41, 5.74) is 2.46. The normalized spacial score (nSPS) is 12.6. The predicted molar refractivity (Wildman–Crippen MR) is 79.5 cm³/mol. The molecule has 0 radical (unpaired) electrons. The minimum absolute atomic E-state index is 0.412. The molecule has 18 heavy (non-hydrogen) atoms. The lowest BCUT2D eigenvalue weighted by Crippen LogP contribution is -2.15. The molecule has 0 spiro atoms. The number of thiazole rings is 1. The van der Waals surface area contributed by atoms with Gasteiger partial charge in [0.15, 0.2) is 4.34 Å². The van der Waals surface area contributed by atoms with Crippen LogP contribution < -0.4 is 5.32 Å². The summed E-state index contributed by atoms with van der Waals surface area (Å²) in [6.45, 7) is 4.24. The third-order valence-electron chi connectivity index (χ3n) is 2.85. The molecule has 1 unspecified atom stereocenters. The number of nitrogens with zero attached hydrogens (tertiary/aromatic N) is 1. The Morgan fingerprint density at radius 2 is 2.17 bits per heavy atom. The van der Waals surface area contributed by atoms with Crippen LogP contribution in [0.15, 0.2) is 38.9 Å². The molecule has 1 heterocycles. The van der Waals surface area contributed by atoms with Crippen molar-refractivity contribution in [3.63, 3.8) is 0 Å². The number of benzene rings is 1. The van der Waals surface area contributed by atoms with Gasteiger partial charge in [0.25, 0.3) is 0 Å². The summed E-state index contributed by atoms with van der Waals surface area (Å²) >= 11 is 3.47. The van der Waals surface area contributed by atoms with Gasteiger partial charge in [0.05, 0.1) is 0 Å². The Kier molecular flexibility index (Phi) is 4.80. The van der Waals surface area contributed by atoms with Crippen LogP contribution in [0.2, 0.25) is 0 Å². The largest absolute Gasteiger partial charge is 0.313 e. The number of aryl methyl sites for hydroxylation is 1. The van der Waals surface area contributed by atoms with Gasteiger partial charge in [-0.05, 0) is 32.0 Å². The molecule has 1 atom stereocenters. The van der Waals surface area contributed by atoms with Gasteiger partial charge in [0.2, 0.25) is 0 Å². The van der Waals surface area contributed by atoms with Gasteiger partial charge in [-0.3, -0.25) is 0 Å². The van der Waals surface area contributed by atoms with E-state index in [9.17, 15) is 0 Å². The molecule has 2 rings (SSSR count). The van der Waals surface area contributed by atoms with E-state index in [2.05, 4.69) is 46.9 Å². The van der Waals surface area contributed by atoms with E-state index in [1.807, 2.05) is 14.0 Å². The smallest absolute Gasteiger partial charge is 0.154 e. The topological polar surface area (TPSA) is 24.9 Å². The van der Waals surface area contributed by atoms with Crippen molar-refractivity contribution in [3.8, 4) is 0 Å². The summed E-state index contributed by atoms with van der Waals surface area (Å²) in [5, 5.41) is 5.47. The first-order valence-corrected chi connectivity index (χ1v) is 7.80.